The molecule has 26 heavy (non-hydrogen) atoms. The fourth-order valence-corrected chi connectivity index (χ4v) is 4.62. The topological polar surface area (TPSA) is 51.4 Å². The minimum Gasteiger partial charge on any atom is -0.345 e. The van der Waals surface area contributed by atoms with Crippen molar-refractivity contribution in [2.75, 3.05) is 26.7 Å². The quantitative estimate of drug-likeness (QED) is 0.866. The standard InChI is InChI=1S/C20H25ClN4O/c1-4-25(5-2)20(26)22-12-9-14-13-7-6-8-16-18(13)15(19(21)23-16)10-17(14)24(3)11-12/h6-9,12,17,23H,4-5,10-11H2,1-3H3,(H,22,26)/t12-,17-/m1/s1. The summed E-state index contributed by atoms with van der Waals surface area (Å²) in [6.45, 7) is 6.24. The monoisotopic (exact) mass is 372 g/mol. The number of aromatic nitrogens is 1. The van der Waals surface area contributed by atoms with Gasteiger partial charge in [0.05, 0.1) is 6.04 Å². The zero-order valence-corrected chi connectivity index (χ0v) is 16.2. The van der Waals surface area contributed by atoms with Crippen LogP contribution in [-0.4, -0.2) is 59.6 Å². The van der Waals surface area contributed by atoms with Gasteiger partial charge in [-0.15, -0.1) is 0 Å². The summed E-state index contributed by atoms with van der Waals surface area (Å²) < 4.78 is 0. The van der Waals surface area contributed by atoms with Gasteiger partial charge in [0.15, 0.2) is 0 Å². The summed E-state index contributed by atoms with van der Waals surface area (Å²) in [5.41, 5.74) is 4.80. The Morgan fingerprint density at radius 1 is 1.38 bits per heavy atom. The van der Waals surface area contributed by atoms with Gasteiger partial charge in [-0.2, -0.15) is 0 Å². The number of nitrogens with one attached hydrogen (secondary N) is 2. The molecule has 0 saturated heterocycles. The highest BCUT2D eigenvalue weighted by Crippen LogP contribution is 2.42. The number of nitrogens with zero attached hydrogens (tertiary/aromatic N) is 2. The summed E-state index contributed by atoms with van der Waals surface area (Å²) in [6, 6.07) is 6.60. The largest absolute Gasteiger partial charge is 0.345 e. The number of carbonyl (C=O) groups excluding carboxylic acids is 1. The van der Waals surface area contributed by atoms with Crippen LogP contribution in [0.2, 0.25) is 5.15 Å². The van der Waals surface area contributed by atoms with E-state index in [0.717, 1.165) is 23.6 Å². The predicted molar refractivity (Wildman–Crippen MR) is 107 cm³/mol. The first-order valence-corrected chi connectivity index (χ1v) is 9.68. The summed E-state index contributed by atoms with van der Waals surface area (Å²) >= 11 is 6.46. The molecule has 138 valence electrons. The number of H-pyrrole nitrogens is 1. The number of benzene rings is 1. The lowest BCUT2D eigenvalue weighted by atomic mass is 9.81. The summed E-state index contributed by atoms with van der Waals surface area (Å²) in [4.78, 5) is 19.9. The zero-order valence-electron chi connectivity index (χ0n) is 15.5. The molecule has 0 radical (unpaired) electrons. The highest BCUT2D eigenvalue weighted by molar-refractivity contribution is 6.32. The third-order valence-electron chi connectivity index (χ3n) is 5.70. The molecule has 1 aromatic heterocycles. The second kappa shape index (κ2) is 6.63. The number of likely N-dealkylation sites (N-methyl/N-ethyl adjacent to an activating group) is 1. The van der Waals surface area contributed by atoms with Gasteiger partial charge in [0.2, 0.25) is 0 Å². The van der Waals surface area contributed by atoms with Crippen molar-refractivity contribution in [3.05, 3.63) is 40.6 Å². The molecule has 2 amide bonds. The van der Waals surface area contributed by atoms with Gasteiger partial charge in [-0.1, -0.05) is 29.8 Å². The van der Waals surface area contributed by atoms with Crippen molar-refractivity contribution in [1.82, 2.24) is 20.1 Å². The third kappa shape index (κ3) is 2.70. The maximum atomic E-state index is 12.5. The average Bonchev–Trinajstić information content (AvgIpc) is 2.94. The van der Waals surface area contributed by atoms with Crippen molar-refractivity contribution in [2.45, 2.75) is 32.4 Å². The molecule has 6 heteroatoms. The number of amides is 2. The SMILES string of the molecule is CCN(CC)C(=O)N[C@@H]1C=C2c3cccc4[nH]c(Cl)c(c34)C[C@H]2N(C)C1. The van der Waals surface area contributed by atoms with E-state index in [-0.39, 0.29) is 12.1 Å². The molecule has 2 atom stereocenters. The maximum Gasteiger partial charge on any atom is 0.317 e. The van der Waals surface area contributed by atoms with Crippen LogP contribution in [0, 0.1) is 0 Å². The highest BCUT2D eigenvalue weighted by atomic mass is 35.5. The Morgan fingerprint density at radius 3 is 2.88 bits per heavy atom. The van der Waals surface area contributed by atoms with E-state index in [1.807, 2.05) is 18.7 Å². The third-order valence-corrected chi connectivity index (χ3v) is 6.02. The van der Waals surface area contributed by atoms with Crippen LogP contribution in [0.25, 0.3) is 16.5 Å². The van der Waals surface area contributed by atoms with E-state index in [1.165, 1.54) is 22.1 Å². The first-order chi connectivity index (χ1) is 12.5. The Hall–Kier alpha value is -1.98. The van der Waals surface area contributed by atoms with Gasteiger partial charge in [0, 0.05) is 36.6 Å². The van der Waals surface area contributed by atoms with Crippen LogP contribution in [0.3, 0.4) is 0 Å². The number of rotatable bonds is 3. The van der Waals surface area contributed by atoms with Crippen molar-refractivity contribution < 1.29 is 4.79 Å². The van der Waals surface area contributed by atoms with Gasteiger partial charge >= 0.3 is 6.03 Å². The normalized spacial score (nSPS) is 22.1. The first-order valence-electron chi connectivity index (χ1n) is 9.30. The highest BCUT2D eigenvalue weighted by Gasteiger charge is 2.35. The van der Waals surface area contributed by atoms with Crippen LogP contribution in [0.5, 0.6) is 0 Å². The second-order valence-electron chi connectivity index (χ2n) is 7.16. The van der Waals surface area contributed by atoms with E-state index >= 15 is 0 Å². The molecule has 2 aliphatic rings. The van der Waals surface area contributed by atoms with Crippen molar-refractivity contribution in [1.29, 1.82) is 0 Å². The second-order valence-corrected chi connectivity index (χ2v) is 7.53. The molecule has 2 N–H and O–H groups in total. The zero-order chi connectivity index (χ0) is 18.4. The molecule has 1 aromatic carbocycles. The van der Waals surface area contributed by atoms with Gasteiger partial charge in [-0.05, 0) is 50.1 Å². The minimum absolute atomic E-state index is 0.00287. The molecule has 0 saturated carbocycles. The van der Waals surface area contributed by atoms with Crippen molar-refractivity contribution in [3.63, 3.8) is 0 Å². The number of hydrogen-bond donors (Lipinski definition) is 2. The van der Waals surface area contributed by atoms with Crippen molar-refractivity contribution in [3.8, 4) is 0 Å². The van der Waals surface area contributed by atoms with Gasteiger partial charge in [0.25, 0.3) is 0 Å². The van der Waals surface area contributed by atoms with Crippen LogP contribution in [-0.2, 0) is 6.42 Å². The molecule has 2 heterocycles. The van der Waals surface area contributed by atoms with E-state index in [9.17, 15) is 4.79 Å². The Labute approximate surface area is 159 Å². The molecule has 1 aliphatic heterocycles. The van der Waals surface area contributed by atoms with E-state index in [4.69, 9.17) is 11.6 Å². The van der Waals surface area contributed by atoms with Crippen molar-refractivity contribution in [2.24, 2.45) is 0 Å². The molecule has 2 aromatic rings. The summed E-state index contributed by atoms with van der Waals surface area (Å²) in [6.07, 6.45) is 3.14. The molecule has 0 fully saturated rings. The lowest BCUT2D eigenvalue weighted by molar-refractivity contribution is 0.193. The molecule has 1 aliphatic carbocycles. The Balaban J connectivity index is 1.72. The number of hydrogen-bond acceptors (Lipinski definition) is 2. The van der Waals surface area contributed by atoms with Gasteiger partial charge in [0.1, 0.15) is 5.15 Å². The average molecular weight is 373 g/mol. The fraction of sp³-hybridized carbons (Fsp3) is 0.450. The van der Waals surface area contributed by atoms with E-state index in [2.05, 4.69) is 46.5 Å². The molecule has 0 bridgehead atoms. The molecule has 0 spiro atoms. The van der Waals surface area contributed by atoms with E-state index in [0.29, 0.717) is 19.1 Å². The fourth-order valence-electron chi connectivity index (χ4n) is 4.35. The van der Waals surface area contributed by atoms with Crippen LogP contribution in [0.4, 0.5) is 4.79 Å². The molecule has 5 nitrogen and oxygen atoms in total. The number of fused-ring (bicyclic) bond motifs is 2. The predicted octanol–water partition coefficient (Wildman–Crippen LogP) is 3.49. The lowest BCUT2D eigenvalue weighted by Gasteiger charge is -2.40. The van der Waals surface area contributed by atoms with Crippen LogP contribution in [0.1, 0.15) is 25.0 Å². The number of halogens is 1. The molecule has 0 unspecified atom stereocenters. The van der Waals surface area contributed by atoms with Gasteiger partial charge in [-0.3, -0.25) is 4.90 Å². The first kappa shape index (κ1) is 17.4. The summed E-state index contributed by atoms with van der Waals surface area (Å²) in [5.74, 6) is 0. The number of urea groups is 1. The maximum absolute atomic E-state index is 12.5. The Morgan fingerprint density at radius 2 is 2.15 bits per heavy atom. The Kier molecular flexibility index (Phi) is 4.45. The van der Waals surface area contributed by atoms with E-state index < -0.39 is 0 Å². The number of carbonyl (C=O) groups is 1. The van der Waals surface area contributed by atoms with Crippen LogP contribution >= 0.6 is 11.6 Å². The minimum atomic E-state index is 0.00287. The Bertz CT molecular complexity index is 883. The molecular formula is C20H25ClN4O. The van der Waals surface area contributed by atoms with Crippen LogP contribution in [0.15, 0.2) is 24.3 Å². The molecule has 4 rings (SSSR count). The lowest BCUT2D eigenvalue weighted by Crippen LogP contribution is -2.52. The van der Waals surface area contributed by atoms with Crippen LogP contribution < -0.4 is 5.32 Å². The van der Waals surface area contributed by atoms with Gasteiger partial charge < -0.3 is 15.2 Å². The van der Waals surface area contributed by atoms with E-state index in [1.54, 1.807) is 0 Å². The smallest absolute Gasteiger partial charge is 0.317 e. The number of aromatic amines is 1. The van der Waals surface area contributed by atoms with Gasteiger partial charge in [-0.25, -0.2) is 4.79 Å². The summed E-state index contributed by atoms with van der Waals surface area (Å²) in [5, 5.41) is 5.15. The van der Waals surface area contributed by atoms with Crippen molar-refractivity contribution >= 4 is 34.1 Å². The summed E-state index contributed by atoms with van der Waals surface area (Å²) in [7, 11) is 2.12. The molecular weight excluding hydrogens is 348 g/mol.